The molecule has 2 atom stereocenters. The highest BCUT2D eigenvalue weighted by molar-refractivity contribution is 5.81. The molecule has 1 fully saturated rings. The molecule has 0 bridgehead atoms. The van der Waals surface area contributed by atoms with E-state index in [1.54, 1.807) is 0 Å². The van der Waals surface area contributed by atoms with Gasteiger partial charge in [0.15, 0.2) is 0 Å². The molecule has 1 aromatic carbocycles. The first-order valence-electron chi connectivity index (χ1n) is 8.96. The van der Waals surface area contributed by atoms with Crippen LogP contribution >= 0.6 is 0 Å². The van der Waals surface area contributed by atoms with E-state index in [4.69, 9.17) is 0 Å². The van der Waals surface area contributed by atoms with Crippen molar-refractivity contribution in [1.82, 2.24) is 19.7 Å². The minimum atomic E-state index is 0.478. The van der Waals surface area contributed by atoms with Crippen molar-refractivity contribution in [2.24, 2.45) is 0 Å². The van der Waals surface area contributed by atoms with Gasteiger partial charge in [0.2, 0.25) is 0 Å². The zero-order valence-electron chi connectivity index (χ0n) is 14.3. The summed E-state index contributed by atoms with van der Waals surface area (Å²) in [5, 5.41) is 5.14. The standard InChI is InChI=1S/C19H28N4/c1-15(22-11-9-21(2)10-12-22)13-17-19-14-16-5-3-4-6-18(16)23(19)8-7-20-17/h3-6,14-15,17,20H,7-13H2,1-2H3. The summed E-state index contributed by atoms with van der Waals surface area (Å²) in [5.41, 5.74) is 2.86. The minimum Gasteiger partial charge on any atom is -0.342 e. The van der Waals surface area contributed by atoms with Gasteiger partial charge in [-0.25, -0.2) is 0 Å². The molecule has 0 spiro atoms. The van der Waals surface area contributed by atoms with Gasteiger partial charge in [0.05, 0.1) is 0 Å². The fraction of sp³-hybridized carbons (Fsp3) is 0.579. The lowest BCUT2D eigenvalue weighted by Gasteiger charge is -2.38. The SMILES string of the molecule is CC(CC1NCCn2c1cc1ccccc12)N1CCN(C)CC1. The maximum Gasteiger partial charge on any atom is 0.0490 e. The van der Waals surface area contributed by atoms with Crippen molar-refractivity contribution in [3.05, 3.63) is 36.0 Å². The third-order valence-electron chi connectivity index (χ3n) is 5.66. The van der Waals surface area contributed by atoms with Gasteiger partial charge in [0.1, 0.15) is 0 Å². The molecular formula is C19H28N4. The quantitative estimate of drug-likeness (QED) is 0.941. The maximum absolute atomic E-state index is 3.76. The van der Waals surface area contributed by atoms with Crippen molar-refractivity contribution in [3.8, 4) is 0 Å². The lowest BCUT2D eigenvalue weighted by molar-refractivity contribution is 0.107. The number of para-hydroxylation sites is 1. The van der Waals surface area contributed by atoms with Crippen LogP contribution in [0.4, 0.5) is 0 Å². The maximum atomic E-state index is 3.76. The Kier molecular flexibility index (Phi) is 4.14. The predicted molar refractivity (Wildman–Crippen MR) is 95.8 cm³/mol. The Morgan fingerprint density at radius 1 is 1.13 bits per heavy atom. The molecule has 4 heteroatoms. The Morgan fingerprint density at radius 2 is 1.91 bits per heavy atom. The van der Waals surface area contributed by atoms with Gasteiger partial charge < -0.3 is 14.8 Å². The zero-order valence-corrected chi connectivity index (χ0v) is 14.3. The number of nitrogens with zero attached hydrogens (tertiary/aromatic N) is 3. The van der Waals surface area contributed by atoms with E-state index in [0.717, 1.165) is 13.1 Å². The van der Waals surface area contributed by atoms with Gasteiger partial charge >= 0.3 is 0 Å². The average molecular weight is 312 g/mol. The van der Waals surface area contributed by atoms with Crippen LogP contribution in [0.3, 0.4) is 0 Å². The predicted octanol–water partition coefficient (Wildman–Crippen LogP) is 2.31. The lowest BCUT2D eigenvalue weighted by Crippen LogP contribution is -2.49. The van der Waals surface area contributed by atoms with E-state index in [-0.39, 0.29) is 0 Å². The van der Waals surface area contributed by atoms with E-state index in [0.29, 0.717) is 12.1 Å². The first-order chi connectivity index (χ1) is 11.2. The summed E-state index contributed by atoms with van der Waals surface area (Å²) in [5.74, 6) is 0. The summed E-state index contributed by atoms with van der Waals surface area (Å²) < 4.78 is 2.52. The second-order valence-electron chi connectivity index (χ2n) is 7.21. The molecule has 23 heavy (non-hydrogen) atoms. The van der Waals surface area contributed by atoms with Crippen molar-refractivity contribution in [2.75, 3.05) is 39.8 Å². The van der Waals surface area contributed by atoms with E-state index < -0.39 is 0 Å². The summed E-state index contributed by atoms with van der Waals surface area (Å²) in [7, 11) is 2.23. The van der Waals surface area contributed by atoms with Crippen LogP contribution in [0.2, 0.25) is 0 Å². The molecule has 2 aromatic rings. The number of hydrogen-bond donors (Lipinski definition) is 1. The molecule has 4 nitrogen and oxygen atoms in total. The molecule has 0 radical (unpaired) electrons. The first kappa shape index (κ1) is 15.2. The largest absolute Gasteiger partial charge is 0.342 e. The second-order valence-corrected chi connectivity index (χ2v) is 7.21. The second kappa shape index (κ2) is 6.27. The molecule has 0 saturated carbocycles. The van der Waals surface area contributed by atoms with Crippen molar-refractivity contribution < 1.29 is 0 Å². The van der Waals surface area contributed by atoms with E-state index in [1.165, 1.54) is 49.2 Å². The van der Waals surface area contributed by atoms with Crippen molar-refractivity contribution in [2.45, 2.75) is 32.0 Å². The Hall–Kier alpha value is -1.36. The average Bonchev–Trinajstić information content (AvgIpc) is 2.95. The summed E-state index contributed by atoms with van der Waals surface area (Å²) >= 11 is 0. The van der Waals surface area contributed by atoms with Crippen LogP contribution in [-0.4, -0.2) is 60.2 Å². The number of fused-ring (bicyclic) bond motifs is 3. The molecule has 0 amide bonds. The van der Waals surface area contributed by atoms with E-state index >= 15 is 0 Å². The Bertz CT molecular complexity index is 669. The van der Waals surface area contributed by atoms with Crippen molar-refractivity contribution >= 4 is 10.9 Å². The van der Waals surface area contributed by atoms with Gasteiger partial charge in [-0.05, 0) is 37.9 Å². The van der Waals surface area contributed by atoms with Crippen LogP contribution in [0, 0.1) is 0 Å². The van der Waals surface area contributed by atoms with Gasteiger partial charge in [-0.1, -0.05) is 18.2 Å². The fourth-order valence-electron chi connectivity index (χ4n) is 4.18. The normalized spacial score (nSPS) is 24.7. The number of benzene rings is 1. The minimum absolute atomic E-state index is 0.478. The summed E-state index contributed by atoms with van der Waals surface area (Å²) in [6.45, 7) is 9.36. The number of hydrogen-bond acceptors (Lipinski definition) is 3. The molecule has 2 unspecified atom stereocenters. The van der Waals surface area contributed by atoms with Gasteiger partial charge in [-0.2, -0.15) is 0 Å². The molecular weight excluding hydrogens is 284 g/mol. The van der Waals surface area contributed by atoms with E-state index in [2.05, 4.69) is 64.0 Å². The van der Waals surface area contributed by atoms with Crippen LogP contribution in [-0.2, 0) is 6.54 Å². The van der Waals surface area contributed by atoms with Gasteiger partial charge in [0.25, 0.3) is 0 Å². The number of nitrogens with one attached hydrogen (secondary N) is 1. The van der Waals surface area contributed by atoms with Gasteiger partial charge in [0, 0.05) is 62.6 Å². The van der Waals surface area contributed by atoms with Crippen LogP contribution in [0.1, 0.15) is 25.1 Å². The van der Waals surface area contributed by atoms with Crippen LogP contribution in [0.15, 0.2) is 30.3 Å². The Balaban J connectivity index is 1.52. The van der Waals surface area contributed by atoms with Crippen LogP contribution in [0.5, 0.6) is 0 Å². The van der Waals surface area contributed by atoms with Crippen LogP contribution in [0.25, 0.3) is 10.9 Å². The van der Waals surface area contributed by atoms with Gasteiger partial charge in [-0.15, -0.1) is 0 Å². The number of aromatic nitrogens is 1. The molecule has 2 aliphatic rings. The van der Waals surface area contributed by atoms with Crippen LogP contribution < -0.4 is 5.32 Å². The van der Waals surface area contributed by atoms with Crippen molar-refractivity contribution in [1.29, 1.82) is 0 Å². The molecule has 1 aromatic heterocycles. The summed E-state index contributed by atoms with van der Waals surface area (Å²) in [6, 6.07) is 12.3. The highest BCUT2D eigenvalue weighted by atomic mass is 15.3. The highest BCUT2D eigenvalue weighted by Gasteiger charge is 2.27. The first-order valence-corrected chi connectivity index (χ1v) is 8.96. The fourth-order valence-corrected chi connectivity index (χ4v) is 4.18. The smallest absolute Gasteiger partial charge is 0.0490 e. The number of piperazine rings is 1. The third-order valence-corrected chi connectivity index (χ3v) is 5.66. The summed E-state index contributed by atoms with van der Waals surface area (Å²) in [6.07, 6.45) is 1.19. The third kappa shape index (κ3) is 2.91. The topological polar surface area (TPSA) is 23.4 Å². The lowest BCUT2D eigenvalue weighted by atomic mass is 10.0. The van der Waals surface area contributed by atoms with E-state index in [9.17, 15) is 0 Å². The highest BCUT2D eigenvalue weighted by Crippen LogP contribution is 2.30. The Morgan fingerprint density at radius 3 is 2.74 bits per heavy atom. The molecule has 1 N–H and O–H groups in total. The van der Waals surface area contributed by atoms with Gasteiger partial charge in [-0.3, -0.25) is 4.90 Å². The molecule has 2 aliphatic heterocycles. The van der Waals surface area contributed by atoms with Crippen molar-refractivity contribution in [3.63, 3.8) is 0 Å². The summed E-state index contributed by atoms with van der Waals surface area (Å²) in [4.78, 5) is 5.09. The van der Waals surface area contributed by atoms with E-state index in [1.807, 2.05) is 0 Å². The number of rotatable bonds is 3. The zero-order chi connectivity index (χ0) is 15.8. The molecule has 1 saturated heterocycles. The molecule has 4 rings (SSSR count). The molecule has 124 valence electrons. The monoisotopic (exact) mass is 312 g/mol. The molecule has 0 aliphatic carbocycles. The molecule has 3 heterocycles. The number of likely N-dealkylation sites (N-methyl/N-ethyl adjacent to an activating group) is 1. The Labute approximate surface area is 139 Å².